The van der Waals surface area contributed by atoms with Crippen molar-refractivity contribution < 1.29 is 13.2 Å². The number of fused-ring (bicyclic) bond motifs is 1. The highest BCUT2D eigenvalue weighted by Gasteiger charge is 2.19. The first-order valence-electron chi connectivity index (χ1n) is 7.80. The molecule has 0 heterocycles. The molecule has 0 amide bonds. The molecular weight excluding hydrogens is 372 g/mol. The fourth-order valence-electron chi connectivity index (χ4n) is 2.79. The smallest absolute Gasteiger partial charge is 0.262 e. The predicted octanol–water partition coefficient (Wildman–Crippen LogP) is 4.17. The Morgan fingerprint density at radius 2 is 1.69 bits per heavy atom. The van der Waals surface area contributed by atoms with Crippen LogP contribution in [0.15, 0.2) is 59.5 Å². The van der Waals surface area contributed by atoms with Crippen LogP contribution in [0.5, 0.6) is 0 Å². The molecule has 3 aromatic rings. The van der Waals surface area contributed by atoms with Gasteiger partial charge in [0.25, 0.3) is 10.0 Å². The van der Waals surface area contributed by atoms with E-state index in [-0.39, 0.29) is 9.92 Å². The average Bonchev–Trinajstić information content (AvgIpc) is 2.60. The Morgan fingerprint density at radius 1 is 1.00 bits per heavy atom. The first-order chi connectivity index (χ1) is 12.3. The second kappa shape index (κ2) is 6.97. The van der Waals surface area contributed by atoms with Crippen LogP contribution in [0, 0.1) is 0 Å². The number of benzene rings is 3. The van der Waals surface area contributed by atoms with Crippen molar-refractivity contribution in [3.8, 4) is 0 Å². The summed E-state index contributed by atoms with van der Waals surface area (Å²) < 4.78 is 28.4. The number of rotatable bonds is 5. The summed E-state index contributed by atoms with van der Waals surface area (Å²) in [6.45, 7) is 0. The van der Waals surface area contributed by atoms with Gasteiger partial charge in [-0.1, -0.05) is 35.9 Å². The normalized spacial score (nSPS) is 11.3. The summed E-state index contributed by atoms with van der Waals surface area (Å²) in [5.41, 5.74) is 1.52. The molecular formula is C19H17ClN2O3S. The molecule has 3 rings (SSSR count). The quantitative estimate of drug-likeness (QED) is 0.666. The van der Waals surface area contributed by atoms with Gasteiger partial charge in [-0.2, -0.15) is 0 Å². The minimum atomic E-state index is -3.83. The summed E-state index contributed by atoms with van der Waals surface area (Å²) in [4.78, 5) is 13.0. The van der Waals surface area contributed by atoms with Crippen molar-refractivity contribution in [2.24, 2.45) is 0 Å². The van der Waals surface area contributed by atoms with Gasteiger partial charge >= 0.3 is 0 Å². The zero-order valence-electron chi connectivity index (χ0n) is 14.2. The van der Waals surface area contributed by atoms with Crippen LogP contribution in [-0.2, 0) is 10.0 Å². The predicted molar refractivity (Wildman–Crippen MR) is 106 cm³/mol. The Morgan fingerprint density at radius 3 is 2.35 bits per heavy atom. The van der Waals surface area contributed by atoms with E-state index in [9.17, 15) is 13.2 Å². The molecule has 0 aliphatic carbocycles. The van der Waals surface area contributed by atoms with E-state index >= 15 is 0 Å². The molecule has 0 radical (unpaired) electrons. The van der Waals surface area contributed by atoms with Crippen molar-refractivity contribution in [3.63, 3.8) is 0 Å². The van der Waals surface area contributed by atoms with Crippen LogP contribution in [0.3, 0.4) is 0 Å². The minimum Gasteiger partial charge on any atom is -0.377 e. The molecule has 7 heteroatoms. The molecule has 0 saturated carbocycles. The first kappa shape index (κ1) is 18.2. The third-order valence-electron chi connectivity index (χ3n) is 4.01. The van der Waals surface area contributed by atoms with Crippen LogP contribution < -0.4 is 9.62 Å². The number of halogens is 1. The van der Waals surface area contributed by atoms with E-state index in [0.717, 1.165) is 11.1 Å². The number of carbonyl (C=O) groups is 1. The van der Waals surface area contributed by atoms with Crippen molar-refractivity contribution in [3.05, 3.63) is 65.2 Å². The van der Waals surface area contributed by atoms with E-state index in [1.54, 1.807) is 18.2 Å². The molecule has 0 aromatic heterocycles. The second-order valence-corrected chi connectivity index (χ2v) is 8.04. The van der Waals surface area contributed by atoms with E-state index in [0.29, 0.717) is 22.9 Å². The lowest BCUT2D eigenvalue weighted by atomic mass is 10.1. The zero-order chi connectivity index (χ0) is 18.9. The monoisotopic (exact) mass is 388 g/mol. The molecule has 0 aliphatic heterocycles. The number of anilines is 2. The van der Waals surface area contributed by atoms with E-state index < -0.39 is 10.0 Å². The van der Waals surface area contributed by atoms with Crippen LogP contribution in [0.2, 0.25) is 5.02 Å². The molecule has 5 nitrogen and oxygen atoms in total. The fourth-order valence-corrected chi connectivity index (χ4v) is 4.28. The number of hydrogen-bond acceptors (Lipinski definition) is 4. The molecule has 0 unspecified atom stereocenters. The van der Waals surface area contributed by atoms with Gasteiger partial charge in [0, 0.05) is 36.1 Å². The van der Waals surface area contributed by atoms with E-state index in [1.165, 1.54) is 18.2 Å². The molecule has 0 aliphatic rings. The molecule has 26 heavy (non-hydrogen) atoms. The molecule has 1 N–H and O–H groups in total. The van der Waals surface area contributed by atoms with Gasteiger partial charge in [-0.3, -0.25) is 9.52 Å². The average molecular weight is 389 g/mol. The number of carbonyl (C=O) groups excluding carboxylic acids is 1. The Kier molecular flexibility index (Phi) is 4.89. The van der Waals surface area contributed by atoms with Gasteiger partial charge in [0.15, 0.2) is 6.29 Å². The fraction of sp³-hybridized carbons (Fsp3) is 0.105. The summed E-state index contributed by atoms with van der Waals surface area (Å²) in [7, 11) is -0.0192. The van der Waals surface area contributed by atoms with Crippen LogP contribution >= 0.6 is 11.6 Å². The molecule has 134 valence electrons. The third kappa shape index (κ3) is 3.38. The van der Waals surface area contributed by atoms with Crippen molar-refractivity contribution in [1.29, 1.82) is 0 Å². The highest BCUT2D eigenvalue weighted by atomic mass is 35.5. The highest BCUT2D eigenvalue weighted by Crippen LogP contribution is 2.31. The highest BCUT2D eigenvalue weighted by molar-refractivity contribution is 7.93. The van der Waals surface area contributed by atoms with E-state index in [1.807, 2.05) is 37.2 Å². The Bertz CT molecular complexity index is 1100. The summed E-state index contributed by atoms with van der Waals surface area (Å²) in [5.74, 6) is 0. The number of nitrogens with one attached hydrogen (secondary N) is 1. The first-order valence-corrected chi connectivity index (χ1v) is 9.66. The second-order valence-electron chi connectivity index (χ2n) is 5.98. The standard InChI is InChI=1S/C19H17ClN2O3S/c1-22(2)18-7-3-6-16-15(18)5-4-8-19(16)26(24,25)21-14-10-9-13(12-23)17(20)11-14/h3-12,21H,1-2H3. The van der Waals surface area contributed by atoms with Crippen molar-refractivity contribution in [1.82, 2.24) is 0 Å². The topological polar surface area (TPSA) is 66.5 Å². The Labute approximate surface area is 157 Å². The van der Waals surface area contributed by atoms with Gasteiger partial charge in [0.1, 0.15) is 0 Å². The van der Waals surface area contributed by atoms with Crippen LogP contribution in [0.1, 0.15) is 10.4 Å². The molecule has 0 saturated heterocycles. The van der Waals surface area contributed by atoms with Crippen LogP contribution in [0.4, 0.5) is 11.4 Å². The van der Waals surface area contributed by atoms with Gasteiger partial charge in [0.05, 0.1) is 15.6 Å². The molecule has 0 spiro atoms. The molecule has 0 fully saturated rings. The van der Waals surface area contributed by atoms with Gasteiger partial charge < -0.3 is 4.90 Å². The van der Waals surface area contributed by atoms with Crippen molar-refractivity contribution in [2.75, 3.05) is 23.7 Å². The Hall–Kier alpha value is -2.57. The third-order valence-corrected chi connectivity index (χ3v) is 5.78. The van der Waals surface area contributed by atoms with Gasteiger partial charge in [-0.25, -0.2) is 8.42 Å². The van der Waals surface area contributed by atoms with Crippen LogP contribution in [0.25, 0.3) is 10.8 Å². The lowest BCUT2D eigenvalue weighted by molar-refractivity contribution is 0.112. The lowest BCUT2D eigenvalue weighted by Crippen LogP contribution is -2.14. The summed E-state index contributed by atoms with van der Waals surface area (Å²) in [6, 6.07) is 15.1. The minimum absolute atomic E-state index is 0.175. The summed E-state index contributed by atoms with van der Waals surface area (Å²) in [6.07, 6.45) is 0.619. The van der Waals surface area contributed by atoms with Gasteiger partial charge in [-0.15, -0.1) is 0 Å². The summed E-state index contributed by atoms with van der Waals surface area (Å²) >= 11 is 5.98. The van der Waals surface area contributed by atoms with Gasteiger partial charge in [0.2, 0.25) is 0 Å². The van der Waals surface area contributed by atoms with E-state index in [4.69, 9.17) is 11.6 Å². The lowest BCUT2D eigenvalue weighted by Gasteiger charge is -2.17. The number of sulfonamides is 1. The molecule has 3 aromatic carbocycles. The maximum Gasteiger partial charge on any atom is 0.262 e. The van der Waals surface area contributed by atoms with Crippen LogP contribution in [-0.4, -0.2) is 28.8 Å². The largest absolute Gasteiger partial charge is 0.377 e. The number of hydrogen-bond donors (Lipinski definition) is 1. The van der Waals surface area contributed by atoms with Crippen molar-refractivity contribution >= 4 is 50.1 Å². The molecule has 0 atom stereocenters. The number of aldehydes is 1. The SMILES string of the molecule is CN(C)c1cccc2c(S(=O)(=O)Nc3ccc(C=O)c(Cl)c3)cccc12. The maximum absolute atomic E-state index is 12.9. The zero-order valence-corrected chi connectivity index (χ0v) is 15.8. The Balaban J connectivity index is 2.09. The van der Waals surface area contributed by atoms with E-state index in [2.05, 4.69) is 4.72 Å². The summed E-state index contributed by atoms with van der Waals surface area (Å²) in [5, 5.41) is 1.66. The number of nitrogens with zero attached hydrogens (tertiary/aromatic N) is 1. The van der Waals surface area contributed by atoms with Gasteiger partial charge in [-0.05, 0) is 30.3 Å². The maximum atomic E-state index is 12.9. The van der Waals surface area contributed by atoms with Crippen molar-refractivity contribution in [2.45, 2.75) is 4.90 Å². The molecule has 0 bridgehead atoms.